The number of aromatic nitrogens is 1. The lowest BCUT2D eigenvalue weighted by molar-refractivity contribution is -0.148. The van der Waals surface area contributed by atoms with Crippen molar-refractivity contribution in [3.05, 3.63) is 17.0 Å². The molecule has 2 unspecified atom stereocenters. The van der Waals surface area contributed by atoms with Crippen molar-refractivity contribution >= 4 is 23.6 Å². The van der Waals surface area contributed by atoms with Crippen LogP contribution < -0.4 is 0 Å². The predicted octanol–water partition coefficient (Wildman–Crippen LogP) is 1.85. The number of carboxylic acid groups (broad SMARTS) is 1. The van der Waals surface area contributed by atoms with Crippen LogP contribution in [0.15, 0.2) is 4.52 Å². The van der Waals surface area contributed by atoms with E-state index >= 15 is 0 Å². The van der Waals surface area contributed by atoms with Crippen LogP contribution in [0.25, 0.3) is 0 Å². The second-order valence-electron chi connectivity index (χ2n) is 5.43. The molecule has 1 aliphatic rings. The topological polar surface area (TPSA) is 83.6 Å². The van der Waals surface area contributed by atoms with Crippen LogP contribution >= 0.6 is 11.8 Å². The fourth-order valence-corrected chi connectivity index (χ4v) is 3.69. The fraction of sp³-hybridized carbons (Fsp3) is 0.643. The number of rotatable bonds is 5. The number of carboxylic acids is 1. The second kappa shape index (κ2) is 6.51. The first kappa shape index (κ1) is 15.9. The van der Waals surface area contributed by atoms with Gasteiger partial charge in [0.25, 0.3) is 0 Å². The Balaban J connectivity index is 1.89. The summed E-state index contributed by atoms with van der Waals surface area (Å²) in [5.74, 6) is 0.687. The van der Waals surface area contributed by atoms with Crippen molar-refractivity contribution in [3.63, 3.8) is 0 Å². The zero-order valence-electron chi connectivity index (χ0n) is 12.5. The third kappa shape index (κ3) is 3.40. The quantitative estimate of drug-likeness (QED) is 0.893. The Labute approximate surface area is 127 Å². The summed E-state index contributed by atoms with van der Waals surface area (Å²) in [5, 5.41) is 13.1. The molecule has 7 heteroatoms. The Morgan fingerprint density at radius 2 is 2.19 bits per heavy atom. The van der Waals surface area contributed by atoms with Crippen LogP contribution in [0.1, 0.15) is 30.4 Å². The van der Waals surface area contributed by atoms with Crippen molar-refractivity contribution in [3.8, 4) is 0 Å². The van der Waals surface area contributed by atoms with Crippen LogP contribution in [0.3, 0.4) is 0 Å². The zero-order valence-corrected chi connectivity index (χ0v) is 13.3. The van der Waals surface area contributed by atoms with E-state index < -0.39 is 12.0 Å². The van der Waals surface area contributed by atoms with Gasteiger partial charge in [-0.1, -0.05) is 12.1 Å². The molecular formula is C14H20N2O4S. The summed E-state index contributed by atoms with van der Waals surface area (Å²) in [6.45, 7) is 6.13. The third-order valence-corrected chi connectivity index (χ3v) is 4.87. The van der Waals surface area contributed by atoms with E-state index in [1.54, 1.807) is 0 Å². The molecule has 0 spiro atoms. The molecule has 21 heavy (non-hydrogen) atoms. The van der Waals surface area contributed by atoms with Crippen LogP contribution in [0.2, 0.25) is 0 Å². The fourth-order valence-electron chi connectivity index (χ4n) is 2.63. The minimum absolute atomic E-state index is 0.0130. The lowest BCUT2D eigenvalue weighted by Gasteiger charge is -2.23. The molecule has 2 heterocycles. The van der Waals surface area contributed by atoms with Gasteiger partial charge in [0.05, 0.1) is 11.4 Å². The molecule has 1 aliphatic heterocycles. The molecule has 0 saturated carbocycles. The number of aliphatic carboxylic acids is 1. The average molecular weight is 312 g/mol. The van der Waals surface area contributed by atoms with Gasteiger partial charge in [0.1, 0.15) is 11.8 Å². The Hall–Kier alpha value is -1.50. The van der Waals surface area contributed by atoms with Gasteiger partial charge in [-0.2, -0.15) is 0 Å². The van der Waals surface area contributed by atoms with Crippen LogP contribution in [-0.2, 0) is 15.3 Å². The van der Waals surface area contributed by atoms with Gasteiger partial charge in [-0.25, -0.2) is 4.79 Å². The molecule has 1 N–H and O–H groups in total. The maximum atomic E-state index is 12.2. The van der Waals surface area contributed by atoms with Gasteiger partial charge in [-0.15, -0.1) is 11.8 Å². The van der Waals surface area contributed by atoms with E-state index in [2.05, 4.69) is 5.16 Å². The molecule has 0 bridgehead atoms. The van der Waals surface area contributed by atoms with E-state index in [9.17, 15) is 14.7 Å². The molecule has 6 nitrogen and oxygen atoms in total. The number of amides is 1. The molecule has 116 valence electrons. The predicted molar refractivity (Wildman–Crippen MR) is 79.1 cm³/mol. The van der Waals surface area contributed by atoms with Crippen molar-refractivity contribution in [1.82, 2.24) is 10.1 Å². The molecule has 2 atom stereocenters. The molecular weight excluding hydrogens is 292 g/mol. The van der Waals surface area contributed by atoms with Crippen molar-refractivity contribution in [1.29, 1.82) is 0 Å². The highest BCUT2D eigenvalue weighted by atomic mass is 32.2. The van der Waals surface area contributed by atoms with Crippen molar-refractivity contribution in [2.75, 3.05) is 12.3 Å². The molecule has 0 radical (unpaired) electrons. The number of aryl methyl sites for hydroxylation is 2. The molecule has 1 amide bonds. The summed E-state index contributed by atoms with van der Waals surface area (Å²) < 4.78 is 5.08. The number of nitrogens with zero attached hydrogens (tertiary/aromatic N) is 2. The summed E-state index contributed by atoms with van der Waals surface area (Å²) in [6, 6.07) is -0.683. The smallest absolute Gasteiger partial charge is 0.326 e. The first-order chi connectivity index (χ1) is 9.91. The molecule has 1 aromatic heterocycles. The van der Waals surface area contributed by atoms with Gasteiger partial charge in [0, 0.05) is 17.9 Å². The summed E-state index contributed by atoms with van der Waals surface area (Å²) in [5.41, 5.74) is 1.85. The summed E-state index contributed by atoms with van der Waals surface area (Å²) in [4.78, 5) is 25.0. The lowest BCUT2D eigenvalue weighted by Crippen LogP contribution is -2.43. The normalized spacial score (nSPS) is 21.8. The molecule has 1 aromatic rings. The third-order valence-electron chi connectivity index (χ3n) is 3.93. The largest absolute Gasteiger partial charge is 0.480 e. The SMILES string of the molecule is Cc1noc(C)c1CSCC(=O)N1CCC(C)C1C(=O)O. The number of hydrogen-bond donors (Lipinski definition) is 1. The Morgan fingerprint density at radius 1 is 1.48 bits per heavy atom. The van der Waals surface area contributed by atoms with Crippen LogP contribution in [0.5, 0.6) is 0 Å². The maximum Gasteiger partial charge on any atom is 0.326 e. The van der Waals surface area contributed by atoms with Crippen molar-refractivity contribution in [2.45, 2.75) is 39.0 Å². The summed E-state index contributed by atoms with van der Waals surface area (Å²) in [7, 11) is 0. The van der Waals surface area contributed by atoms with Crippen LogP contribution in [-0.4, -0.2) is 45.4 Å². The van der Waals surface area contributed by atoms with E-state index in [4.69, 9.17) is 4.52 Å². The first-order valence-corrected chi connectivity index (χ1v) is 8.09. The Bertz CT molecular complexity index is 524. The highest BCUT2D eigenvalue weighted by molar-refractivity contribution is 7.99. The second-order valence-corrected chi connectivity index (χ2v) is 6.42. The van der Waals surface area contributed by atoms with Gasteiger partial charge in [0.2, 0.25) is 5.91 Å². The summed E-state index contributed by atoms with van der Waals surface area (Å²) in [6.07, 6.45) is 0.747. The van der Waals surface area contributed by atoms with E-state index in [-0.39, 0.29) is 17.6 Å². The Kier molecular flexibility index (Phi) is 4.92. The summed E-state index contributed by atoms with van der Waals surface area (Å²) >= 11 is 1.47. The number of hydrogen-bond acceptors (Lipinski definition) is 5. The van der Waals surface area contributed by atoms with E-state index in [0.717, 1.165) is 23.4 Å². The van der Waals surface area contributed by atoms with Gasteiger partial charge in [-0.05, 0) is 26.2 Å². The minimum atomic E-state index is -0.913. The van der Waals surface area contributed by atoms with Gasteiger partial charge < -0.3 is 14.5 Å². The lowest BCUT2D eigenvalue weighted by atomic mass is 10.0. The molecule has 2 rings (SSSR count). The van der Waals surface area contributed by atoms with E-state index in [0.29, 0.717) is 12.3 Å². The molecule has 1 fully saturated rings. The monoisotopic (exact) mass is 312 g/mol. The maximum absolute atomic E-state index is 12.2. The number of carbonyl (C=O) groups excluding carboxylic acids is 1. The number of likely N-dealkylation sites (tertiary alicyclic amines) is 1. The number of carbonyl (C=O) groups is 2. The number of thioether (sulfide) groups is 1. The van der Waals surface area contributed by atoms with E-state index in [1.807, 2.05) is 20.8 Å². The van der Waals surface area contributed by atoms with Gasteiger partial charge in [0.15, 0.2) is 0 Å². The molecule has 1 saturated heterocycles. The van der Waals surface area contributed by atoms with Crippen molar-refractivity contribution in [2.24, 2.45) is 5.92 Å². The van der Waals surface area contributed by atoms with Crippen LogP contribution in [0.4, 0.5) is 0 Å². The Morgan fingerprint density at radius 3 is 2.76 bits per heavy atom. The highest BCUT2D eigenvalue weighted by Crippen LogP contribution is 2.26. The van der Waals surface area contributed by atoms with E-state index in [1.165, 1.54) is 16.7 Å². The minimum Gasteiger partial charge on any atom is -0.480 e. The standard InChI is InChI=1S/C14H20N2O4S/c1-8-4-5-16(13(8)14(18)19)12(17)7-21-6-11-9(2)15-20-10(11)3/h8,13H,4-7H2,1-3H3,(H,18,19). The zero-order chi connectivity index (χ0) is 15.6. The first-order valence-electron chi connectivity index (χ1n) is 6.93. The molecule has 0 aromatic carbocycles. The van der Waals surface area contributed by atoms with Gasteiger partial charge >= 0.3 is 5.97 Å². The molecule has 0 aliphatic carbocycles. The van der Waals surface area contributed by atoms with Gasteiger partial charge in [-0.3, -0.25) is 4.79 Å². The average Bonchev–Trinajstić information content (AvgIpc) is 2.95. The van der Waals surface area contributed by atoms with Crippen molar-refractivity contribution < 1.29 is 19.2 Å². The van der Waals surface area contributed by atoms with Crippen LogP contribution in [0, 0.1) is 19.8 Å². The highest BCUT2D eigenvalue weighted by Gasteiger charge is 2.39.